The van der Waals surface area contributed by atoms with Crippen LogP contribution >= 0.6 is 11.6 Å². The minimum Gasteiger partial charge on any atom is -0.481 e. The van der Waals surface area contributed by atoms with Crippen molar-refractivity contribution in [2.75, 3.05) is 11.1 Å². The second-order valence-corrected chi connectivity index (χ2v) is 10.9. The third-order valence-corrected chi connectivity index (χ3v) is 7.90. The second-order valence-electron chi connectivity index (χ2n) is 10.5. The first-order chi connectivity index (χ1) is 19.6. The lowest BCUT2D eigenvalue weighted by atomic mass is 9.77. The van der Waals surface area contributed by atoms with Gasteiger partial charge in [-0.2, -0.15) is 5.10 Å². The summed E-state index contributed by atoms with van der Waals surface area (Å²) in [6.07, 6.45) is 0.435. The fourth-order valence-corrected chi connectivity index (χ4v) is 5.51. The number of carbonyl (C=O) groups excluding carboxylic acids is 1. The lowest BCUT2D eigenvalue weighted by Crippen LogP contribution is -2.33. The number of nitrogen functional groups attached to an aromatic ring is 1. The van der Waals surface area contributed by atoms with Gasteiger partial charge in [-0.1, -0.05) is 65.7 Å². The van der Waals surface area contributed by atoms with E-state index in [0.717, 1.165) is 22.0 Å². The van der Waals surface area contributed by atoms with Crippen molar-refractivity contribution in [3.8, 4) is 11.5 Å². The number of halogens is 1. The third kappa shape index (κ3) is 4.68. The predicted molar refractivity (Wildman–Crippen MR) is 158 cm³/mol. The highest BCUT2D eigenvalue weighted by atomic mass is 35.5. The van der Waals surface area contributed by atoms with Crippen LogP contribution in [-0.2, 0) is 28.0 Å². The van der Waals surface area contributed by atoms with Crippen LogP contribution < -0.4 is 11.1 Å². The number of aromatic nitrogens is 4. The van der Waals surface area contributed by atoms with Gasteiger partial charge in [-0.25, -0.2) is 9.97 Å². The molecule has 3 heterocycles. The van der Waals surface area contributed by atoms with Gasteiger partial charge in [-0.05, 0) is 55.2 Å². The van der Waals surface area contributed by atoms with Gasteiger partial charge in [0.1, 0.15) is 22.7 Å². The molecule has 0 fully saturated rings. The van der Waals surface area contributed by atoms with Crippen LogP contribution in [0.1, 0.15) is 41.2 Å². The average Bonchev–Trinajstić information content (AvgIpc) is 3.43. The van der Waals surface area contributed by atoms with Gasteiger partial charge in [0, 0.05) is 16.8 Å². The number of carboxylic acids is 1. The molecule has 2 aromatic heterocycles. The molecule has 1 atom stereocenters. The molecule has 41 heavy (non-hydrogen) atoms. The standard InChI is InChI=1S/C31H27ClN6O3/c1-17-3-5-19(6-4-17)16-38-23-15-21(32)12-13-22(23)26(37-38)29-34-27(33)25-28(35-29)36-30(41)31(25,2)20-10-7-18(8-11-20)9-14-24(39)40/h3-8,10-13,15H,9,14,16H2,1-2H3,(H,39,40)(H3,33,34,35,36,41)/t31-/m0/s1. The van der Waals surface area contributed by atoms with Crippen LogP contribution in [-0.4, -0.2) is 36.7 Å². The Kier molecular flexibility index (Phi) is 6.46. The van der Waals surface area contributed by atoms with E-state index < -0.39 is 11.4 Å². The van der Waals surface area contributed by atoms with Crippen molar-refractivity contribution in [2.45, 2.75) is 38.6 Å². The van der Waals surface area contributed by atoms with Crippen LogP contribution in [0.15, 0.2) is 66.7 Å². The first kappa shape index (κ1) is 26.5. The van der Waals surface area contributed by atoms with Crippen molar-refractivity contribution in [3.05, 3.63) is 99.6 Å². The van der Waals surface area contributed by atoms with Gasteiger partial charge in [0.2, 0.25) is 5.91 Å². The summed E-state index contributed by atoms with van der Waals surface area (Å²) in [6, 6.07) is 21.1. The van der Waals surface area contributed by atoms with Crippen LogP contribution in [0.2, 0.25) is 5.02 Å². The number of hydrogen-bond donors (Lipinski definition) is 3. The second kappa shape index (κ2) is 10.0. The van der Waals surface area contributed by atoms with Gasteiger partial charge >= 0.3 is 5.97 Å². The number of amides is 1. The normalized spacial score (nSPS) is 16.1. The Morgan fingerprint density at radius 3 is 2.46 bits per heavy atom. The maximum Gasteiger partial charge on any atom is 0.303 e. The molecule has 1 amide bonds. The molecule has 3 aromatic carbocycles. The number of nitrogens with two attached hydrogens (primary N) is 1. The highest BCUT2D eigenvalue weighted by molar-refractivity contribution is 6.31. The number of fused-ring (bicyclic) bond motifs is 2. The monoisotopic (exact) mass is 566 g/mol. The van der Waals surface area contributed by atoms with Crippen LogP contribution in [0.3, 0.4) is 0 Å². The highest BCUT2D eigenvalue weighted by Gasteiger charge is 2.47. The lowest BCUT2D eigenvalue weighted by molar-refractivity contribution is -0.137. The van der Waals surface area contributed by atoms with E-state index in [1.807, 2.05) is 48.0 Å². The van der Waals surface area contributed by atoms with Crippen molar-refractivity contribution >= 4 is 46.0 Å². The summed E-state index contributed by atoms with van der Waals surface area (Å²) in [5, 5.41) is 18.1. The number of carboxylic acid groups (broad SMARTS) is 1. The van der Waals surface area contributed by atoms with Gasteiger partial charge in [0.05, 0.1) is 17.6 Å². The third-order valence-electron chi connectivity index (χ3n) is 7.66. The number of anilines is 2. The molecule has 0 saturated heterocycles. The summed E-state index contributed by atoms with van der Waals surface area (Å²) < 4.78 is 1.86. The van der Waals surface area contributed by atoms with E-state index in [4.69, 9.17) is 32.5 Å². The molecule has 1 aliphatic heterocycles. The summed E-state index contributed by atoms with van der Waals surface area (Å²) in [5.74, 6) is -0.321. The smallest absolute Gasteiger partial charge is 0.303 e. The largest absolute Gasteiger partial charge is 0.481 e. The van der Waals surface area contributed by atoms with Gasteiger partial charge in [0.25, 0.3) is 0 Å². The van der Waals surface area contributed by atoms with Crippen molar-refractivity contribution in [1.82, 2.24) is 19.7 Å². The van der Waals surface area contributed by atoms with E-state index in [-0.39, 0.29) is 18.1 Å². The highest BCUT2D eigenvalue weighted by Crippen LogP contribution is 2.45. The molecular weight excluding hydrogens is 540 g/mol. The zero-order valence-electron chi connectivity index (χ0n) is 22.5. The molecule has 4 N–H and O–H groups in total. The zero-order valence-corrected chi connectivity index (χ0v) is 23.2. The van der Waals surface area contributed by atoms with Gasteiger partial charge in [-0.3, -0.25) is 14.3 Å². The van der Waals surface area contributed by atoms with Crippen LogP contribution in [0, 0.1) is 6.92 Å². The Balaban J connectivity index is 1.40. The van der Waals surface area contributed by atoms with E-state index >= 15 is 0 Å². The molecule has 0 aliphatic carbocycles. The molecule has 10 heteroatoms. The fraction of sp³-hybridized carbons (Fsp3) is 0.194. The first-order valence-electron chi connectivity index (χ1n) is 13.2. The molecule has 0 bridgehead atoms. The van der Waals surface area contributed by atoms with Gasteiger partial charge < -0.3 is 16.2 Å². The van der Waals surface area contributed by atoms with Crippen LogP contribution in [0.25, 0.3) is 22.4 Å². The van der Waals surface area contributed by atoms with E-state index in [2.05, 4.69) is 34.6 Å². The van der Waals surface area contributed by atoms with Gasteiger partial charge in [-0.15, -0.1) is 0 Å². The Morgan fingerprint density at radius 2 is 1.76 bits per heavy atom. The van der Waals surface area contributed by atoms with E-state index in [9.17, 15) is 9.59 Å². The SMILES string of the molecule is Cc1ccc(Cn2nc(-c3nc(N)c4c(n3)NC(=O)[C@@]4(C)c3ccc(CCC(=O)O)cc3)c3ccc(Cl)cc32)cc1. The topological polar surface area (TPSA) is 136 Å². The summed E-state index contributed by atoms with van der Waals surface area (Å²) >= 11 is 6.35. The minimum absolute atomic E-state index is 0.0329. The van der Waals surface area contributed by atoms with Crippen molar-refractivity contribution in [1.29, 1.82) is 0 Å². The first-order valence-corrected chi connectivity index (χ1v) is 13.5. The van der Waals surface area contributed by atoms with Crippen LogP contribution in [0.5, 0.6) is 0 Å². The number of rotatable bonds is 7. The molecule has 1 aliphatic rings. The maximum absolute atomic E-state index is 13.4. The Labute approximate surface area is 241 Å². The molecule has 9 nitrogen and oxygen atoms in total. The lowest BCUT2D eigenvalue weighted by Gasteiger charge is -2.23. The number of nitrogens with one attached hydrogen (secondary N) is 1. The summed E-state index contributed by atoms with van der Waals surface area (Å²) in [5.41, 5.74) is 11.1. The van der Waals surface area contributed by atoms with Crippen molar-refractivity contribution in [2.24, 2.45) is 0 Å². The number of hydrogen-bond acceptors (Lipinski definition) is 6. The van der Waals surface area contributed by atoms with E-state index in [1.54, 1.807) is 13.0 Å². The molecule has 206 valence electrons. The molecular formula is C31H27ClN6O3. The molecule has 0 unspecified atom stereocenters. The van der Waals surface area contributed by atoms with Crippen LogP contribution in [0.4, 0.5) is 11.6 Å². The maximum atomic E-state index is 13.4. The van der Waals surface area contributed by atoms with Crippen molar-refractivity contribution in [3.63, 3.8) is 0 Å². The molecule has 0 spiro atoms. The van der Waals surface area contributed by atoms with Gasteiger partial charge in [0.15, 0.2) is 5.82 Å². The Morgan fingerprint density at radius 1 is 1.05 bits per heavy atom. The zero-order chi connectivity index (χ0) is 28.9. The number of nitrogens with zero attached hydrogens (tertiary/aromatic N) is 4. The summed E-state index contributed by atoms with van der Waals surface area (Å²) in [4.78, 5) is 33.7. The van der Waals surface area contributed by atoms with Crippen molar-refractivity contribution < 1.29 is 14.7 Å². The average molecular weight is 567 g/mol. The number of aryl methyl sites for hydroxylation is 2. The Hall–Kier alpha value is -4.76. The number of carbonyl (C=O) groups is 2. The molecule has 0 saturated carbocycles. The quantitative estimate of drug-likeness (QED) is 0.241. The number of benzene rings is 3. The summed E-state index contributed by atoms with van der Waals surface area (Å²) in [7, 11) is 0. The van der Waals surface area contributed by atoms with E-state index in [0.29, 0.717) is 46.5 Å². The fourth-order valence-electron chi connectivity index (χ4n) is 5.34. The molecule has 6 rings (SSSR count). The predicted octanol–water partition coefficient (Wildman–Crippen LogP) is 5.36. The van der Waals surface area contributed by atoms with E-state index in [1.165, 1.54) is 5.56 Å². The summed E-state index contributed by atoms with van der Waals surface area (Å²) in [6.45, 7) is 4.35. The molecule has 5 aromatic rings. The molecule has 0 radical (unpaired) electrons. The minimum atomic E-state index is -1.12. The number of aliphatic carboxylic acids is 1. The Bertz CT molecular complexity index is 1830.